The summed E-state index contributed by atoms with van der Waals surface area (Å²) in [6.07, 6.45) is 1.13. The summed E-state index contributed by atoms with van der Waals surface area (Å²) in [4.78, 5) is 10.3. The Hall–Kier alpha value is -1.29. The first-order valence-electron chi connectivity index (χ1n) is 2.74. The number of carbonyl (C=O) groups is 1. The first-order valence-corrected chi connectivity index (χ1v) is 3.11. The number of hydrogen-bond donors (Lipinski definition) is 1. The number of aromatic carboxylic acids is 1. The Bertz CT molecular complexity index is 300. The van der Waals surface area contributed by atoms with Crippen molar-refractivity contribution in [3.63, 3.8) is 0 Å². The lowest BCUT2D eigenvalue weighted by molar-refractivity contribution is -0.603. The summed E-state index contributed by atoms with van der Waals surface area (Å²) in [5.74, 6) is -1.21. The van der Waals surface area contributed by atoms with E-state index in [1.807, 2.05) is 0 Å². The molecule has 1 rings (SSSR count). The number of halogens is 1. The smallest absolute Gasteiger partial charge is 0.343 e. The molecule has 0 saturated carbocycles. The summed E-state index contributed by atoms with van der Waals surface area (Å²) in [6.45, 7) is 0. The molecule has 0 unspecified atom stereocenters. The molecule has 0 saturated heterocycles. The molecule has 1 aromatic heterocycles. The highest BCUT2D eigenvalue weighted by atomic mass is 35.5. The Morgan fingerprint density at radius 3 is 2.82 bits per heavy atom. The van der Waals surface area contributed by atoms with Crippen LogP contribution in [0, 0.1) is 5.21 Å². The molecule has 4 nitrogen and oxygen atoms in total. The van der Waals surface area contributed by atoms with Gasteiger partial charge in [0.15, 0.2) is 6.20 Å². The third-order valence-electron chi connectivity index (χ3n) is 1.13. The van der Waals surface area contributed by atoms with Crippen molar-refractivity contribution in [2.75, 3.05) is 0 Å². The second-order valence-corrected chi connectivity index (χ2v) is 2.20. The summed E-state index contributed by atoms with van der Waals surface area (Å²) in [5, 5.41) is 18.8. The van der Waals surface area contributed by atoms with Gasteiger partial charge in [0.2, 0.25) is 0 Å². The Balaban J connectivity index is 3.27. The minimum Gasteiger partial charge on any atom is -0.618 e. The molecule has 0 amide bonds. The van der Waals surface area contributed by atoms with E-state index in [0.717, 1.165) is 6.20 Å². The second kappa shape index (κ2) is 2.75. The molecule has 1 aromatic rings. The molecule has 0 radical (unpaired) electrons. The molecule has 0 aliphatic carbocycles. The van der Waals surface area contributed by atoms with E-state index < -0.39 is 5.97 Å². The average molecular weight is 174 g/mol. The number of aromatic nitrogens is 1. The monoisotopic (exact) mass is 173 g/mol. The van der Waals surface area contributed by atoms with Crippen LogP contribution in [0.4, 0.5) is 0 Å². The van der Waals surface area contributed by atoms with Gasteiger partial charge in [-0.3, -0.25) is 0 Å². The molecule has 5 heteroatoms. The highest BCUT2D eigenvalue weighted by Gasteiger charge is 2.14. The Morgan fingerprint density at radius 2 is 2.36 bits per heavy atom. The number of nitrogens with zero attached hydrogens (tertiary/aromatic N) is 1. The van der Waals surface area contributed by atoms with E-state index in [-0.39, 0.29) is 10.7 Å². The van der Waals surface area contributed by atoms with E-state index in [1.54, 1.807) is 0 Å². The minimum atomic E-state index is -1.21. The number of carboxylic acid groups (broad SMARTS) is 1. The quantitative estimate of drug-likeness (QED) is 0.386. The summed E-state index contributed by atoms with van der Waals surface area (Å²) in [6, 6.07) is 2.58. The first-order chi connectivity index (χ1) is 5.13. The molecule has 0 bridgehead atoms. The maximum atomic E-state index is 10.7. The zero-order valence-electron chi connectivity index (χ0n) is 5.32. The van der Waals surface area contributed by atoms with Crippen molar-refractivity contribution in [3.05, 3.63) is 34.3 Å². The van der Waals surface area contributed by atoms with E-state index in [0.29, 0.717) is 4.73 Å². The lowest BCUT2D eigenvalue weighted by atomic mass is 10.3. The summed E-state index contributed by atoms with van der Waals surface area (Å²) < 4.78 is 0.297. The lowest BCUT2D eigenvalue weighted by Gasteiger charge is -1.98. The summed E-state index contributed by atoms with van der Waals surface area (Å²) in [7, 11) is 0. The van der Waals surface area contributed by atoms with E-state index in [1.165, 1.54) is 12.1 Å². The van der Waals surface area contributed by atoms with Crippen molar-refractivity contribution in [1.29, 1.82) is 0 Å². The van der Waals surface area contributed by atoms with Crippen molar-refractivity contribution in [3.8, 4) is 0 Å². The second-order valence-electron chi connectivity index (χ2n) is 1.84. The average Bonchev–Trinajstić information content (AvgIpc) is 1.94. The summed E-state index contributed by atoms with van der Waals surface area (Å²) >= 11 is 5.36. The van der Waals surface area contributed by atoms with Crippen molar-refractivity contribution < 1.29 is 14.6 Å². The maximum Gasteiger partial charge on any atom is 0.343 e. The molecular formula is C6H4ClNO3. The number of pyridine rings is 1. The van der Waals surface area contributed by atoms with Crippen molar-refractivity contribution in [2.45, 2.75) is 0 Å². The van der Waals surface area contributed by atoms with Gasteiger partial charge in [-0.2, -0.15) is 4.73 Å². The van der Waals surface area contributed by atoms with Gasteiger partial charge in [-0.05, 0) is 17.7 Å². The van der Waals surface area contributed by atoms with Crippen molar-refractivity contribution in [1.82, 2.24) is 0 Å². The Morgan fingerprint density at radius 1 is 1.73 bits per heavy atom. The molecule has 0 spiro atoms. The molecule has 58 valence electrons. The largest absolute Gasteiger partial charge is 0.618 e. The molecule has 0 atom stereocenters. The number of rotatable bonds is 1. The fourth-order valence-electron chi connectivity index (χ4n) is 0.630. The maximum absolute atomic E-state index is 10.7. The SMILES string of the molecule is O=C(O)c1ccc[n+]([O-])c1Cl. The van der Waals surface area contributed by atoms with Crippen LogP contribution in [0.5, 0.6) is 0 Å². The lowest BCUT2D eigenvalue weighted by Crippen LogP contribution is -2.28. The molecule has 11 heavy (non-hydrogen) atoms. The Kier molecular flexibility index (Phi) is 1.96. The van der Waals surface area contributed by atoms with Gasteiger partial charge < -0.3 is 10.3 Å². The van der Waals surface area contributed by atoms with Gasteiger partial charge in [0.1, 0.15) is 5.56 Å². The van der Waals surface area contributed by atoms with Crippen LogP contribution in [0.1, 0.15) is 10.4 Å². The van der Waals surface area contributed by atoms with Gasteiger partial charge in [0, 0.05) is 6.07 Å². The predicted octanol–water partition coefficient (Wildman–Crippen LogP) is 0.672. The molecule has 1 heterocycles. The summed E-state index contributed by atoms with van der Waals surface area (Å²) in [5.41, 5.74) is -0.191. The number of carboxylic acids is 1. The third kappa shape index (κ3) is 1.40. The molecule has 0 fully saturated rings. The highest BCUT2D eigenvalue weighted by molar-refractivity contribution is 6.31. The first kappa shape index (κ1) is 7.81. The van der Waals surface area contributed by atoms with Crippen LogP contribution in [0.2, 0.25) is 5.15 Å². The van der Waals surface area contributed by atoms with Crippen LogP contribution in [0.25, 0.3) is 0 Å². The zero-order valence-corrected chi connectivity index (χ0v) is 6.08. The van der Waals surface area contributed by atoms with E-state index in [4.69, 9.17) is 16.7 Å². The van der Waals surface area contributed by atoms with E-state index in [9.17, 15) is 10.0 Å². The van der Waals surface area contributed by atoms with Gasteiger partial charge in [-0.15, -0.1) is 0 Å². The van der Waals surface area contributed by atoms with Crippen LogP contribution < -0.4 is 4.73 Å². The van der Waals surface area contributed by atoms with Gasteiger partial charge >= 0.3 is 11.1 Å². The third-order valence-corrected chi connectivity index (χ3v) is 1.50. The number of hydrogen-bond acceptors (Lipinski definition) is 2. The van der Waals surface area contributed by atoms with Gasteiger partial charge in [-0.1, -0.05) is 0 Å². The van der Waals surface area contributed by atoms with Crippen LogP contribution in [0.15, 0.2) is 18.3 Å². The van der Waals surface area contributed by atoms with Crippen LogP contribution in [-0.4, -0.2) is 11.1 Å². The van der Waals surface area contributed by atoms with Gasteiger partial charge in [-0.25, -0.2) is 4.79 Å². The normalized spacial score (nSPS) is 9.55. The topological polar surface area (TPSA) is 64.2 Å². The standard InChI is InChI=1S/C6H4ClNO3/c7-5-4(6(9)10)2-1-3-8(5)11/h1-3H,(H,9,10). The molecule has 0 aliphatic rings. The van der Waals surface area contributed by atoms with Gasteiger partial charge in [0.25, 0.3) is 0 Å². The fraction of sp³-hybridized carbons (Fsp3) is 0. The van der Waals surface area contributed by atoms with Gasteiger partial charge in [0.05, 0.1) is 0 Å². The van der Waals surface area contributed by atoms with E-state index in [2.05, 4.69) is 0 Å². The van der Waals surface area contributed by atoms with E-state index >= 15 is 0 Å². The van der Waals surface area contributed by atoms with Crippen LogP contribution in [0.3, 0.4) is 0 Å². The molecular weight excluding hydrogens is 170 g/mol. The van der Waals surface area contributed by atoms with Crippen LogP contribution >= 0.6 is 11.6 Å². The van der Waals surface area contributed by atoms with Crippen molar-refractivity contribution in [2.24, 2.45) is 0 Å². The van der Waals surface area contributed by atoms with Crippen LogP contribution in [-0.2, 0) is 0 Å². The molecule has 1 N–H and O–H groups in total. The molecule has 0 aromatic carbocycles. The zero-order chi connectivity index (χ0) is 8.43. The minimum absolute atomic E-state index is 0.191. The molecule has 0 aliphatic heterocycles. The Labute approximate surface area is 67.2 Å². The highest BCUT2D eigenvalue weighted by Crippen LogP contribution is 2.08. The fourth-order valence-corrected chi connectivity index (χ4v) is 0.830. The predicted molar refractivity (Wildman–Crippen MR) is 37.4 cm³/mol. The van der Waals surface area contributed by atoms with Crippen molar-refractivity contribution >= 4 is 17.6 Å².